The number of benzene rings is 2. The van der Waals surface area contributed by atoms with Crippen LogP contribution in [-0.4, -0.2) is 35.8 Å². The smallest absolute Gasteiger partial charge is 0.252 e. The minimum atomic E-state index is -0.528. The molecule has 0 bridgehead atoms. The molecular weight excluding hydrogens is 414 g/mol. The third kappa shape index (κ3) is 7.90. The summed E-state index contributed by atoms with van der Waals surface area (Å²) in [5.74, 6) is -0.697. The molecule has 3 amide bonds. The van der Waals surface area contributed by atoms with Gasteiger partial charge in [0.25, 0.3) is 5.91 Å². The van der Waals surface area contributed by atoms with Gasteiger partial charge in [0.1, 0.15) is 0 Å². The molecule has 0 fully saturated rings. The Morgan fingerprint density at radius 2 is 1.45 bits per heavy atom. The highest BCUT2D eigenvalue weighted by Crippen LogP contribution is 2.23. The van der Waals surface area contributed by atoms with E-state index in [0.717, 1.165) is 0 Å². The van der Waals surface area contributed by atoms with Gasteiger partial charge in [-0.3, -0.25) is 19.2 Å². The number of hydrogen-bond acceptors (Lipinski definition) is 5. The predicted octanol–water partition coefficient (Wildman–Crippen LogP) is 3.72. The minimum absolute atomic E-state index is 0.0453. The maximum atomic E-state index is 12.5. The first kappa shape index (κ1) is 24.1. The number of carbonyl (C=O) groups is 4. The van der Waals surface area contributed by atoms with Crippen LogP contribution in [0.4, 0.5) is 11.4 Å². The summed E-state index contributed by atoms with van der Waals surface area (Å²) in [6.45, 7) is 6.79. The normalized spacial score (nSPS) is 10.8. The largest absolute Gasteiger partial charge is 0.345 e. The standard InChI is InChI=1S/C23H27N3O4S/c1-15(27)25-16-9-11-17(12-10-16)26-21(29)14-31-19-8-6-5-7-18(19)22(30)24-13-20(28)23(2,3)4/h5-12H,13-14H2,1-4H3,(H,24,30)(H,25,27)(H,26,29). The van der Waals surface area contributed by atoms with Crippen molar-refractivity contribution in [3.05, 3.63) is 54.1 Å². The molecule has 31 heavy (non-hydrogen) atoms. The van der Waals surface area contributed by atoms with Crippen molar-refractivity contribution in [2.45, 2.75) is 32.6 Å². The highest BCUT2D eigenvalue weighted by Gasteiger charge is 2.22. The molecule has 8 heteroatoms. The molecule has 2 aromatic carbocycles. The number of amides is 3. The molecule has 2 aromatic rings. The van der Waals surface area contributed by atoms with E-state index in [1.54, 1.807) is 69.3 Å². The van der Waals surface area contributed by atoms with E-state index in [-0.39, 0.29) is 35.8 Å². The fourth-order valence-electron chi connectivity index (χ4n) is 2.48. The van der Waals surface area contributed by atoms with Crippen LogP contribution in [-0.2, 0) is 14.4 Å². The van der Waals surface area contributed by atoms with Crippen molar-refractivity contribution in [2.24, 2.45) is 5.41 Å². The maximum absolute atomic E-state index is 12.5. The van der Waals surface area contributed by atoms with Crippen molar-refractivity contribution in [3.8, 4) is 0 Å². The first-order valence-electron chi connectivity index (χ1n) is 9.77. The van der Waals surface area contributed by atoms with Gasteiger partial charge in [-0.1, -0.05) is 32.9 Å². The van der Waals surface area contributed by atoms with Crippen LogP contribution < -0.4 is 16.0 Å². The lowest BCUT2D eigenvalue weighted by atomic mass is 9.91. The van der Waals surface area contributed by atoms with E-state index in [9.17, 15) is 19.2 Å². The fraction of sp³-hybridized carbons (Fsp3) is 0.304. The van der Waals surface area contributed by atoms with Crippen LogP contribution in [0.25, 0.3) is 0 Å². The van der Waals surface area contributed by atoms with E-state index in [1.165, 1.54) is 18.7 Å². The zero-order chi connectivity index (χ0) is 23.0. The summed E-state index contributed by atoms with van der Waals surface area (Å²) in [6, 6.07) is 13.7. The van der Waals surface area contributed by atoms with Gasteiger partial charge in [-0.05, 0) is 36.4 Å². The first-order chi connectivity index (χ1) is 14.6. The van der Waals surface area contributed by atoms with Crippen LogP contribution >= 0.6 is 11.8 Å². The topological polar surface area (TPSA) is 104 Å². The van der Waals surface area contributed by atoms with Gasteiger partial charge in [-0.2, -0.15) is 0 Å². The van der Waals surface area contributed by atoms with Gasteiger partial charge in [-0.15, -0.1) is 11.8 Å². The number of carbonyl (C=O) groups excluding carboxylic acids is 4. The fourth-order valence-corrected chi connectivity index (χ4v) is 3.33. The number of rotatable bonds is 8. The second kappa shape index (κ2) is 10.8. The Morgan fingerprint density at radius 3 is 2.03 bits per heavy atom. The van der Waals surface area contributed by atoms with E-state index in [2.05, 4.69) is 16.0 Å². The summed E-state index contributed by atoms with van der Waals surface area (Å²) < 4.78 is 0. The molecule has 164 valence electrons. The number of nitrogens with one attached hydrogen (secondary N) is 3. The monoisotopic (exact) mass is 441 g/mol. The second-order valence-corrected chi connectivity index (χ2v) is 8.96. The Kier molecular flexibility index (Phi) is 8.38. The predicted molar refractivity (Wildman–Crippen MR) is 123 cm³/mol. The number of ketones is 1. The van der Waals surface area contributed by atoms with Crippen molar-refractivity contribution in [3.63, 3.8) is 0 Å². The van der Waals surface area contributed by atoms with Gasteiger partial charge in [0, 0.05) is 28.6 Å². The highest BCUT2D eigenvalue weighted by molar-refractivity contribution is 8.00. The van der Waals surface area contributed by atoms with E-state index in [4.69, 9.17) is 0 Å². The lowest BCUT2D eigenvalue weighted by Crippen LogP contribution is -2.35. The van der Waals surface area contributed by atoms with E-state index >= 15 is 0 Å². The lowest BCUT2D eigenvalue weighted by Gasteiger charge is -2.17. The van der Waals surface area contributed by atoms with Gasteiger partial charge in [-0.25, -0.2) is 0 Å². The van der Waals surface area contributed by atoms with Gasteiger partial charge >= 0.3 is 0 Å². The first-order valence-corrected chi connectivity index (χ1v) is 10.8. The molecule has 0 aliphatic heterocycles. The summed E-state index contributed by atoms with van der Waals surface area (Å²) in [5, 5.41) is 8.10. The van der Waals surface area contributed by atoms with Crippen molar-refractivity contribution in [2.75, 3.05) is 22.9 Å². The van der Waals surface area contributed by atoms with Crippen LogP contribution in [0.1, 0.15) is 38.1 Å². The zero-order valence-corrected chi connectivity index (χ0v) is 18.9. The van der Waals surface area contributed by atoms with Crippen LogP contribution in [0, 0.1) is 5.41 Å². The quantitative estimate of drug-likeness (QED) is 0.542. The third-order valence-corrected chi connectivity index (χ3v) is 5.30. The van der Waals surface area contributed by atoms with Crippen LogP contribution in [0.5, 0.6) is 0 Å². The Balaban J connectivity index is 1.93. The van der Waals surface area contributed by atoms with Crippen molar-refractivity contribution < 1.29 is 19.2 Å². The van der Waals surface area contributed by atoms with Gasteiger partial charge in [0.05, 0.1) is 17.9 Å². The molecule has 0 saturated carbocycles. The van der Waals surface area contributed by atoms with Gasteiger partial charge in [0.15, 0.2) is 5.78 Å². The number of anilines is 2. The van der Waals surface area contributed by atoms with Crippen LogP contribution in [0.2, 0.25) is 0 Å². The molecule has 0 heterocycles. The summed E-state index contributed by atoms with van der Waals surface area (Å²) in [5.41, 5.74) is 1.14. The van der Waals surface area contributed by atoms with E-state index < -0.39 is 5.41 Å². The molecule has 0 radical (unpaired) electrons. The average molecular weight is 442 g/mol. The molecule has 0 saturated heterocycles. The van der Waals surface area contributed by atoms with Crippen molar-refractivity contribution in [1.82, 2.24) is 5.32 Å². The van der Waals surface area contributed by atoms with Crippen molar-refractivity contribution in [1.29, 1.82) is 0 Å². The highest BCUT2D eigenvalue weighted by atomic mass is 32.2. The number of hydrogen-bond donors (Lipinski definition) is 3. The summed E-state index contributed by atoms with van der Waals surface area (Å²) in [4.78, 5) is 48.6. The Morgan fingerprint density at radius 1 is 0.871 bits per heavy atom. The summed E-state index contributed by atoms with van der Waals surface area (Å²) >= 11 is 1.24. The molecule has 0 aromatic heterocycles. The number of thioether (sulfide) groups is 1. The molecule has 3 N–H and O–H groups in total. The zero-order valence-electron chi connectivity index (χ0n) is 18.1. The second-order valence-electron chi connectivity index (χ2n) is 7.95. The van der Waals surface area contributed by atoms with Crippen LogP contribution in [0.3, 0.4) is 0 Å². The van der Waals surface area contributed by atoms with Crippen LogP contribution in [0.15, 0.2) is 53.4 Å². The van der Waals surface area contributed by atoms with Gasteiger partial charge in [0.2, 0.25) is 11.8 Å². The Bertz CT molecular complexity index is 966. The van der Waals surface area contributed by atoms with Crippen molar-refractivity contribution >= 4 is 46.6 Å². The third-order valence-electron chi connectivity index (χ3n) is 4.23. The molecule has 2 rings (SSSR count). The summed E-state index contributed by atoms with van der Waals surface area (Å²) in [7, 11) is 0. The maximum Gasteiger partial charge on any atom is 0.252 e. The average Bonchev–Trinajstić information content (AvgIpc) is 2.70. The molecule has 7 nitrogen and oxygen atoms in total. The van der Waals surface area contributed by atoms with Gasteiger partial charge < -0.3 is 16.0 Å². The lowest BCUT2D eigenvalue weighted by molar-refractivity contribution is -0.125. The summed E-state index contributed by atoms with van der Waals surface area (Å²) in [6.07, 6.45) is 0. The van der Waals surface area contributed by atoms with E-state index in [1.807, 2.05) is 0 Å². The SMILES string of the molecule is CC(=O)Nc1ccc(NC(=O)CSc2ccccc2C(=O)NCC(=O)C(C)(C)C)cc1. The van der Waals surface area contributed by atoms with E-state index in [0.29, 0.717) is 21.8 Å². The Hall–Kier alpha value is -3.13. The molecule has 0 aliphatic carbocycles. The molecule has 0 unspecified atom stereocenters. The molecular formula is C23H27N3O4S. The molecule has 0 atom stereocenters. The minimum Gasteiger partial charge on any atom is -0.345 e. The molecule has 0 aliphatic rings. The Labute approximate surface area is 186 Å². The molecule has 0 spiro atoms. The number of Topliss-reactive ketones (excluding diaryl/α,β-unsaturated/α-hetero) is 1.